The fraction of sp³-hybridized carbons (Fsp3) is 0.500. The lowest BCUT2D eigenvalue weighted by Crippen LogP contribution is -2.10. The molecule has 0 aliphatic heterocycles. The summed E-state index contributed by atoms with van der Waals surface area (Å²) in [4.78, 5) is 0. The zero-order valence-electron chi connectivity index (χ0n) is 8.55. The minimum absolute atomic E-state index is 0.253. The van der Waals surface area contributed by atoms with E-state index in [1.807, 2.05) is 0 Å². The first kappa shape index (κ1) is 10.6. The van der Waals surface area contributed by atoms with E-state index in [2.05, 4.69) is 45.0 Å². The summed E-state index contributed by atoms with van der Waals surface area (Å²) >= 11 is 6.19. The zero-order chi connectivity index (χ0) is 9.84. The quantitative estimate of drug-likeness (QED) is 0.646. The Labute approximate surface area is 85.9 Å². The fourth-order valence-corrected chi connectivity index (χ4v) is 1.36. The highest BCUT2D eigenvalue weighted by Gasteiger charge is 2.09. The zero-order valence-corrected chi connectivity index (χ0v) is 9.31. The molecule has 1 rings (SSSR count). The first-order valence-corrected chi connectivity index (χ1v) is 5.23. The standard InChI is InChI=1S/C12H17Cl/c1-9(2)12(13)8-11-6-4-10(3)5-7-11/h4-7,9,12H,8H2,1-3H3. The van der Waals surface area contributed by atoms with Crippen molar-refractivity contribution in [1.82, 2.24) is 0 Å². The predicted octanol–water partition coefficient (Wildman–Crippen LogP) is 3.80. The summed E-state index contributed by atoms with van der Waals surface area (Å²) < 4.78 is 0. The summed E-state index contributed by atoms with van der Waals surface area (Å²) in [6.45, 7) is 6.42. The van der Waals surface area contributed by atoms with Crippen LogP contribution in [0.2, 0.25) is 0 Å². The van der Waals surface area contributed by atoms with E-state index in [4.69, 9.17) is 11.6 Å². The van der Waals surface area contributed by atoms with E-state index < -0.39 is 0 Å². The molecule has 0 aliphatic carbocycles. The van der Waals surface area contributed by atoms with Crippen molar-refractivity contribution in [1.29, 1.82) is 0 Å². The van der Waals surface area contributed by atoms with Crippen LogP contribution in [0.3, 0.4) is 0 Å². The molecule has 0 radical (unpaired) electrons. The molecule has 0 spiro atoms. The van der Waals surface area contributed by atoms with E-state index in [1.54, 1.807) is 0 Å². The topological polar surface area (TPSA) is 0 Å². The third kappa shape index (κ3) is 3.40. The van der Waals surface area contributed by atoms with E-state index in [9.17, 15) is 0 Å². The van der Waals surface area contributed by atoms with Crippen molar-refractivity contribution in [2.75, 3.05) is 0 Å². The van der Waals surface area contributed by atoms with Gasteiger partial charge in [0.1, 0.15) is 0 Å². The normalized spacial score (nSPS) is 13.3. The van der Waals surface area contributed by atoms with Gasteiger partial charge in [-0.15, -0.1) is 11.6 Å². The summed E-state index contributed by atoms with van der Waals surface area (Å²) in [6.07, 6.45) is 0.972. The Morgan fingerprint density at radius 1 is 1.15 bits per heavy atom. The lowest BCUT2D eigenvalue weighted by atomic mass is 10.0. The number of rotatable bonds is 3. The highest BCUT2D eigenvalue weighted by Crippen LogP contribution is 2.16. The van der Waals surface area contributed by atoms with E-state index in [0.717, 1.165) is 6.42 Å². The van der Waals surface area contributed by atoms with Gasteiger partial charge in [-0.2, -0.15) is 0 Å². The van der Waals surface area contributed by atoms with Gasteiger partial charge in [0.25, 0.3) is 0 Å². The van der Waals surface area contributed by atoms with Gasteiger partial charge in [-0.05, 0) is 24.8 Å². The Balaban J connectivity index is 2.59. The number of halogens is 1. The van der Waals surface area contributed by atoms with Crippen LogP contribution in [0.5, 0.6) is 0 Å². The molecule has 1 unspecified atom stereocenters. The highest BCUT2D eigenvalue weighted by molar-refractivity contribution is 6.20. The maximum Gasteiger partial charge on any atom is 0.0399 e. The summed E-state index contributed by atoms with van der Waals surface area (Å²) in [5.74, 6) is 0.544. The second kappa shape index (κ2) is 4.66. The molecular formula is C12H17Cl. The van der Waals surface area contributed by atoms with Gasteiger partial charge in [0.15, 0.2) is 0 Å². The molecule has 0 nitrogen and oxygen atoms in total. The molecule has 0 saturated carbocycles. The van der Waals surface area contributed by atoms with E-state index in [0.29, 0.717) is 5.92 Å². The molecule has 0 saturated heterocycles. The molecular weight excluding hydrogens is 180 g/mol. The highest BCUT2D eigenvalue weighted by atomic mass is 35.5. The lowest BCUT2D eigenvalue weighted by Gasteiger charge is -2.12. The van der Waals surface area contributed by atoms with Crippen LogP contribution in [-0.2, 0) is 6.42 Å². The maximum absolute atomic E-state index is 6.19. The average Bonchev–Trinajstić information content (AvgIpc) is 2.08. The molecule has 0 aromatic heterocycles. The molecule has 0 amide bonds. The summed E-state index contributed by atoms with van der Waals surface area (Å²) in [7, 11) is 0. The van der Waals surface area contributed by atoms with Crippen molar-refractivity contribution in [3.63, 3.8) is 0 Å². The maximum atomic E-state index is 6.19. The number of benzene rings is 1. The van der Waals surface area contributed by atoms with Crippen LogP contribution >= 0.6 is 11.6 Å². The summed E-state index contributed by atoms with van der Waals surface area (Å²) in [5, 5.41) is 0.253. The third-order valence-electron chi connectivity index (χ3n) is 2.27. The van der Waals surface area contributed by atoms with Crippen LogP contribution in [0, 0.1) is 12.8 Å². The summed E-state index contributed by atoms with van der Waals surface area (Å²) in [5.41, 5.74) is 2.64. The Morgan fingerprint density at radius 2 is 1.69 bits per heavy atom. The minimum Gasteiger partial charge on any atom is -0.122 e. The fourth-order valence-electron chi connectivity index (χ4n) is 1.19. The average molecular weight is 197 g/mol. The monoisotopic (exact) mass is 196 g/mol. The molecule has 1 aromatic rings. The van der Waals surface area contributed by atoms with Gasteiger partial charge in [0.2, 0.25) is 0 Å². The van der Waals surface area contributed by atoms with Gasteiger partial charge < -0.3 is 0 Å². The Hall–Kier alpha value is -0.490. The Morgan fingerprint density at radius 3 is 2.15 bits per heavy atom. The minimum atomic E-state index is 0.253. The van der Waals surface area contributed by atoms with Crippen LogP contribution in [0.25, 0.3) is 0 Å². The number of alkyl halides is 1. The molecule has 72 valence electrons. The van der Waals surface area contributed by atoms with Crippen LogP contribution in [-0.4, -0.2) is 5.38 Å². The largest absolute Gasteiger partial charge is 0.122 e. The van der Waals surface area contributed by atoms with Gasteiger partial charge >= 0.3 is 0 Å². The molecule has 1 aromatic carbocycles. The smallest absolute Gasteiger partial charge is 0.0399 e. The first-order valence-electron chi connectivity index (χ1n) is 4.79. The number of hydrogen-bond donors (Lipinski definition) is 0. The van der Waals surface area contributed by atoms with Crippen molar-refractivity contribution < 1.29 is 0 Å². The van der Waals surface area contributed by atoms with Gasteiger partial charge in [-0.1, -0.05) is 43.7 Å². The molecule has 0 heterocycles. The van der Waals surface area contributed by atoms with Crippen molar-refractivity contribution in [3.05, 3.63) is 35.4 Å². The van der Waals surface area contributed by atoms with E-state index >= 15 is 0 Å². The Bertz CT molecular complexity index is 248. The molecule has 0 fully saturated rings. The predicted molar refractivity (Wildman–Crippen MR) is 59.4 cm³/mol. The van der Waals surface area contributed by atoms with Gasteiger partial charge in [0, 0.05) is 5.38 Å². The Kier molecular flexibility index (Phi) is 3.80. The van der Waals surface area contributed by atoms with Crippen LogP contribution in [0.4, 0.5) is 0 Å². The van der Waals surface area contributed by atoms with Crippen molar-refractivity contribution in [3.8, 4) is 0 Å². The third-order valence-corrected chi connectivity index (χ3v) is 2.93. The van der Waals surface area contributed by atoms with Gasteiger partial charge in [-0.25, -0.2) is 0 Å². The summed E-state index contributed by atoms with van der Waals surface area (Å²) in [6, 6.07) is 8.60. The SMILES string of the molecule is Cc1ccc(CC(Cl)C(C)C)cc1. The van der Waals surface area contributed by atoms with Crippen molar-refractivity contribution >= 4 is 11.6 Å². The van der Waals surface area contributed by atoms with Crippen LogP contribution < -0.4 is 0 Å². The molecule has 0 N–H and O–H groups in total. The van der Waals surface area contributed by atoms with Gasteiger partial charge in [-0.3, -0.25) is 0 Å². The first-order chi connectivity index (χ1) is 6.09. The van der Waals surface area contributed by atoms with E-state index in [-0.39, 0.29) is 5.38 Å². The number of hydrogen-bond acceptors (Lipinski definition) is 0. The molecule has 0 bridgehead atoms. The van der Waals surface area contributed by atoms with Crippen LogP contribution in [0.15, 0.2) is 24.3 Å². The molecule has 0 aliphatic rings. The van der Waals surface area contributed by atoms with Gasteiger partial charge in [0.05, 0.1) is 0 Å². The lowest BCUT2D eigenvalue weighted by molar-refractivity contribution is 0.596. The number of aryl methyl sites for hydroxylation is 1. The van der Waals surface area contributed by atoms with E-state index in [1.165, 1.54) is 11.1 Å². The second-order valence-electron chi connectivity index (χ2n) is 3.95. The second-order valence-corrected chi connectivity index (χ2v) is 4.51. The van der Waals surface area contributed by atoms with Crippen molar-refractivity contribution in [2.24, 2.45) is 5.92 Å². The van der Waals surface area contributed by atoms with Crippen molar-refractivity contribution in [2.45, 2.75) is 32.6 Å². The van der Waals surface area contributed by atoms with Crippen LogP contribution in [0.1, 0.15) is 25.0 Å². The molecule has 1 atom stereocenters. The molecule has 13 heavy (non-hydrogen) atoms. The molecule has 1 heteroatoms.